The van der Waals surface area contributed by atoms with Gasteiger partial charge in [-0.1, -0.05) is 244 Å². The number of amides is 1. The molecular formula is C54H103NO5. The third-order valence-corrected chi connectivity index (χ3v) is 12.2. The van der Waals surface area contributed by atoms with E-state index < -0.39 is 12.1 Å². The van der Waals surface area contributed by atoms with E-state index in [0.717, 1.165) is 70.6 Å². The molecule has 0 heterocycles. The molecule has 0 spiro atoms. The van der Waals surface area contributed by atoms with Crippen molar-refractivity contribution in [2.45, 2.75) is 296 Å². The lowest BCUT2D eigenvalue weighted by Crippen LogP contribution is -2.45. The minimum atomic E-state index is -0.683. The van der Waals surface area contributed by atoms with E-state index in [4.69, 9.17) is 4.74 Å². The van der Waals surface area contributed by atoms with Crippen molar-refractivity contribution < 1.29 is 24.5 Å². The van der Waals surface area contributed by atoms with E-state index in [2.05, 4.69) is 43.5 Å². The molecule has 2 unspecified atom stereocenters. The maximum atomic E-state index is 12.5. The summed E-state index contributed by atoms with van der Waals surface area (Å²) in [6.45, 7) is 4.83. The molecule has 0 aromatic carbocycles. The van der Waals surface area contributed by atoms with Crippen LogP contribution in [0.2, 0.25) is 0 Å². The fourth-order valence-corrected chi connectivity index (χ4v) is 8.15. The van der Waals surface area contributed by atoms with Crippen LogP contribution in [0.25, 0.3) is 0 Å². The van der Waals surface area contributed by atoms with E-state index in [1.54, 1.807) is 0 Å². The molecule has 0 saturated heterocycles. The first-order valence-corrected chi connectivity index (χ1v) is 26.6. The Balaban J connectivity index is 3.49. The standard InChI is InChI=1S/C54H103NO5/c1-3-5-7-9-11-13-15-17-18-19-20-21-22-23-24-26-27-30-34-38-42-46-52(57)51(50-56)55-53(58)47-43-39-35-31-29-33-37-41-45-49-60-54(59)48-44-40-36-32-28-25-16-14-12-10-8-6-4-2/h8,10,14,16,51-52,56-57H,3-7,9,11-13,15,17-50H2,1-2H3,(H,55,58)/b10-8-,16-14-. The van der Waals surface area contributed by atoms with Crippen molar-refractivity contribution in [1.82, 2.24) is 5.32 Å². The van der Waals surface area contributed by atoms with Crippen LogP contribution in [0.5, 0.6) is 0 Å². The van der Waals surface area contributed by atoms with Crippen LogP contribution in [0.3, 0.4) is 0 Å². The highest BCUT2D eigenvalue weighted by Crippen LogP contribution is 2.17. The van der Waals surface area contributed by atoms with Gasteiger partial charge in [0.15, 0.2) is 0 Å². The fourth-order valence-electron chi connectivity index (χ4n) is 8.15. The zero-order valence-corrected chi connectivity index (χ0v) is 40.2. The first kappa shape index (κ1) is 58.3. The maximum absolute atomic E-state index is 12.5. The van der Waals surface area contributed by atoms with Crippen LogP contribution in [-0.4, -0.2) is 47.4 Å². The minimum absolute atomic E-state index is 0.0397. The van der Waals surface area contributed by atoms with Crippen LogP contribution in [0.15, 0.2) is 24.3 Å². The van der Waals surface area contributed by atoms with Crippen molar-refractivity contribution >= 4 is 11.9 Å². The summed E-state index contributed by atoms with van der Waals surface area (Å²) in [4.78, 5) is 24.5. The van der Waals surface area contributed by atoms with Crippen LogP contribution in [0, 0.1) is 0 Å². The Labute approximate surface area is 373 Å². The summed E-state index contributed by atoms with van der Waals surface area (Å²) in [5, 5.41) is 23.3. The average molecular weight is 846 g/mol. The first-order valence-electron chi connectivity index (χ1n) is 26.6. The number of unbranched alkanes of at least 4 members (excludes halogenated alkanes) is 34. The number of ether oxygens (including phenoxy) is 1. The summed E-state index contributed by atoms with van der Waals surface area (Å²) in [7, 11) is 0. The molecule has 6 heteroatoms. The van der Waals surface area contributed by atoms with Gasteiger partial charge in [0.2, 0.25) is 5.91 Å². The fraction of sp³-hybridized carbons (Fsp3) is 0.889. The van der Waals surface area contributed by atoms with Gasteiger partial charge in [-0.05, 0) is 51.4 Å². The second-order valence-corrected chi connectivity index (χ2v) is 18.2. The van der Waals surface area contributed by atoms with Gasteiger partial charge in [-0.25, -0.2) is 0 Å². The molecular weight excluding hydrogens is 743 g/mol. The highest BCUT2D eigenvalue weighted by Gasteiger charge is 2.20. The van der Waals surface area contributed by atoms with E-state index in [1.807, 2.05) is 0 Å². The summed E-state index contributed by atoms with van der Waals surface area (Å²) >= 11 is 0. The molecule has 354 valence electrons. The van der Waals surface area contributed by atoms with Crippen LogP contribution in [0.4, 0.5) is 0 Å². The number of aliphatic hydroxyl groups excluding tert-OH is 2. The van der Waals surface area contributed by atoms with Crippen LogP contribution in [0.1, 0.15) is 284 Å². The monoisotopic (exact) mass is 846 g/mol. The molecule has 0 aliphatic rings. The van der Waals surface area contributed by atoms with Crippen molar-refractivity contribution in [3.8, 4) is 0 Å². The van der Waals surface area contributed by atoms with Crippen LogP contribution in [-0.2, 0) is 14.3 Å². The molecule has 0 saturated carbocycles. The van der Waals surface area contributed by atoms with Gasteiger partial charge in [-0.3, -0.25) is 9.59 Å². The number of carbonyl (C=O) groups is 2. The Morgan fingerprint density at radius 2 is 0.867 bits per heavy atom. The number of esters is 1. The third kappa shape index (κ3) is 45.9. The molecule has 3 N–H and O–H groups in total. The lowest BCUT2D eigenvalue weighted by Gasteiger charge is -2.22. The van der Waals surface area contributed by atoms with Gasteiger partial charge in [0, 0.05) is 12.8 Å². The highest BCUT2D eigenvalue weighted by atomic mass is 16.5. The van der Waals surface area contributed by atoms with E-state index in [1.165, 1.54) is 180 Å². The number of nitrogens with one attached hydrogen (secondary N) is 1. The Hall–Kier alpha value is -1.66. The van der Waals surface area contributed by atoms with Crippen LogP contribution < -0.4 is 5.32 Å². The van der Waals surface area contributed by atoms with Crippen molar-refractivity contribution in [3.05, 3.63) is 24.3 Å². The van der Waals surface area contributed by atoms with E-state index >= 15 is 0 Å². The first-order chi connectivity index (χ1) is 29.5. The quantitative estimate of drug-likeness (QED) is 0.0322. The summed E-state index contributed by atoms with van der Waals surface area (Å²) < 4.78 is 5.44. The zero-order chi connectivity index (χ0) is 43.7. The second-order valence-electron chi connectivity index (χ2n) is 18.2. The van der Waals surface area contributed by atoms with Gasteiger partial charge in [0.25, 0.3) is 0 Å². The summed E-state index contributed by atoms with van der Waals surface area (Å²) in [5.41, 5.74) is 0. The predicted molar refractivity (Wildman–Crippen MR) is 260 cm³/mol. The number of hydrogen-bond donors (Lipinski definition) is 3. The molecule has 0 aromatic heterocycles. The lowest BCUT2D eigenvalue weighted by atomic mass is 10.0. The van der Waals surface area contributed by atoms with Gasteiger partial charge in [0.05, 0.1) is 25.4 Å². The number of allylic oxidation sites excluding steroid dienone is 4. The molecule has 0 fully saturated rings. The lowest BCUT2D eigenvalue weighted by molar-refractivity contribution is -0.143. The molecule has 0 aromatic rings. The number of carbonyl (C=O) groups excluding carboxylic acids is 2. The number of rotatable bonds is 49. The van der Waals surface area contributed by atoms with Crippen molar-refractivity contribution in [2.24, 2.45) is 0 Å². The Kier molecular flexibility index (Phi) is 48.6. The summed E-state index contributed by atoms with van der Waals surface area (Å²) in [5.74, 6) is -0.102. The van der Waals surface area contributed by atoms with Crippen LogP contribution >= 0.6 is 0 Å². The number of aliphatic hydroxyl groups is 2. The predicted octanol–water partition coefficient (Wildman–Crippen LogP) is 15.9. The SMILES string of the molecule is CCC/C=C\C/C=C\CCCCCCCC(=O)OCCCCCCCCCCCC(=O)NC(CO)C(O)CCCCCCCCCCCCCCCCCCCCCCC. The third-order valence-electron chi connectivity index (χ3n) is 12.2. The second kappa shape index (κ2) is 50.0. The average Bonchev–Trinajstić information content (AvgIpc) is 3.25. The van der Waals surface area contributed by atoms with Gasteiger partial charge in [-0.15, -0.1) is 0 Å². The Morgan fingerprint density at radius 1 is 0.467 bits per heavy atom. The van der Waals surface area contributed by atoms with Gasteiger partial charge >= 0.3 is 5.97 Å². The highest BCUT2D eigenvalue weighted by molar-refractivity contribution is 5.76. The normalized spacial score (nSPS) is 12.8. The van der Waals surface area contributed by atoms with E-state index in [-0.39, 0.29) is 18.5 Å². The largest absolute Gasteiger partial charge is 0.466 e. The zero-order valence-electron chi connectivity index (χ0n) is 40.2. The van der Waals surface area contributed by atoms with Crippen molar-refractivity contribution in [1.29, 1.82) is 0 Å². The van der Waals surface area contributed by atoms with Crippen molar-refractivity contribution in [3.63, 3.8) is 0 Å². The van der Waals surface area contributed by atoms with Gasteiger partial charge in [-0.2, -0.15) is 0 Å². The topological polar surface area (TPSA) is 95.9 Å². The molecule has 0 aliphatic carbocycles. The molecule has 2 atom stereocenters. The van der Waals surface area contributed by atoms with Crippen molar-refractivity contribution in [2.75, 3.05) is 13.2 Å². The molecule has 0 bridgehead atoms. The Bertz CT molecular complexity index is 935. The van der Waals surface area contributed by atoms with Gasteiger partial charge in [0.1, 0.15) is 0 Å². The molecule has 1 amide bonds. The smallest absolute Gasteiger partial charge is 0.305 e. The Morgan fingerprint density at radius 3 is 1.33 bits per heavy atom. The van der Waals surface area contributed by atoms with E-state index in [9.17, 15) is 19.8 Å². The van der Waals surface area contributed by atoms with Gasteiger partial charge < -0.3 is 20.3 Å². The maximum Gasteiger partial charge on any atom is 0.305 e. The number of hydrogen-bond acceptors (Lipinski definition) is 5. The molecule has 6 nitrogen and oxygen atoms in total. The molecule has 0 aliphatic heterocycles. The van der Waals surface area contributed by atoms with E-state index in [0.29, 0.717) is 25.9 Å². The summed E-state index contributed by atoms with van der Waals surface area (Å²) in [6.07, 6.45) is 58.6. The minimum Gasteiger partial charge on any atom is -0.466 e. The molecule has 60 heavy (non-hydrogen) atoms. The molecule has 0 radical (unpaired) electrons. The molecule has 0 rings (SSSR count). The summed E-state index contributed by atoms with van der Waals surface area (Å²) in [6, 6.07) is -0.563.